The molecule has 0 saturated heterocycles. The first-order chi connectivity index (χ1) is 7.75. The SMILES string of the molecule is CC(Cc1cc(F)cc(F)c1)(C(N)=O)C(=O)O. The van der Waals surface area contributed by atoms with Gasteiger partial charge in [0.25, 0.3) is 0 Å². The molecule has 0 heterocycles. The molecule has 0 radical (unpaired) electrons. The predicted molar refractivity (Wildman–Crippen MR) is 55.0 cm³/mol. The number of primary amides is 1. The van der Waals surface area contributed by atoms with Crippen LogP contribution in [0.5, 0.6) is 0 Å². The molecule has 1 aromatic rings. The molecule has 0 spiro atoms. The fraction of sp³-hybridized carbons (Fsp3) is 0.273. The standard InChI is InChI=1S/C11H11F2NO3/c1-11(9(14)15,10(16)17)5-6-2-7(12)4-8(13)3-6/h2-4H,5H2,1H3,(H2,14,15)(H,16,17). The van der Waals surface area contributed by atoms with E-state index in [2.05, 4.69) is 0 Å². The number of aliphatic carboxylic acids is 1. The Morgan fingerprint density at radius 3 is 2.12 bits per heavy atom. The summed E-state index contributed by atoms with van der Waals surface area (Å²) in [6.45, 7) is 1.11. The van der Waals surface area contributed by atoms with Crippen LogP contribution in [0.2, 0.25) is 0 Å². The molecular formula is C11H11F2NO3. The van der Waals surface area contributed by atoms with Crippen molar-refractivity contribution >= 4 is 11.9 Å². The van der Waals surface area contributed by atoms with E-state index in [4.69, 9.17) is 10.8 Å². The quantitative estimate of drug-likeness (QED) is 0.776. The third-order valence-electron chi connectivity index (χ3n) is 2.50. The normalized spacial score (nSPS) is 14.1. The first kappa shape index (κ1) is 13.1. The number of halogens is 2. The van der Waals surface area contributed by atoms with Gasteiger partial charge in [0, 0.05) is 6.07 Å². The molecule has 1 amide bonds. The lowest BCUT2D eigenvalue weighted by Gasteiger charge is -2.20. The summed E-state index contributed by atoms with van der Waals surface area (Å²) >= 11 is 0. The zero-order valence-electron chi connectivity index (χ0n) is 9.04. The number of amides is 1. The van der Waals surface area contributed by atoms with Gasteiger partial charge in [-0.05, 0) is 31.0 Å². The molecule has 1 atom stereocenters. The molecule has 17 heavy (non-hydrogen) atoms. The van der Waals surface area contributed by atoms with Crippen molar-refractivity contribution in [3.63, 3.8) is 0 Å². The van der Waals surface area contributed by atoms with Gasteiger partial charge < -0.3 is 10.8 Å². The molecule has 0 aliphatic carbocycles. The minimum absolute atomic E-state index is 0.0613. The maximum atomic E-state index is 12.9. The van der Waals surface area contributed by atoms with E-state index in [1.54, 1.807) is 0 Å². The Labute approximate surface area is 96.0 Å². The number of rotatable bonds is 4. The van der Waals surface area contributed by atoms with E-state index in [9.17, 15) is 18.4 Å². The Kier molecular flexibility index (Phi) is 3.45. The topological polar surface area (TPSA) is 80.4 Å². The lowest BCUT2D eigenvalue weighted by molar-refractivity contribution is -0.153. The van der Waals surface area contributed by atoms with E-state index in [0.717, 1.165) is 19.1 Å². The number of carbonyl (C=O) groups is 2. The smallest absolute Gasteiger partial charge is 0.319 e. The van der Waals surface area contributed by atoms with E-state index in [0.29, 0.717) is 6.07 Å². The molecule has 3 N–H and O–H groups in total. The van der Waals surface area contributed by atoms with Gasteiger partial charge in [-0.3, -0.25) is 9.59 Å². The minimum atomic E-state index is -1.89. The molecule has 0 bridgehead atoms. The second-order valence-corrected chi connectivity index (χ2v) is 3.96. The molecule has 1 rings (SSSR count). The Morgan fingerprint density at radius 2 is 1.76 bits per heavy atom. The minimum Gasteiger partial charge on any atom is -0.480 e. The van der Waals surface area contributed by atoms with Gasteiger partial charge in [-0.15, -0.1) is 0 Å². The summed E-state index contributed by atoms with van der Waals surface area (Å²) in [4.78, 5) is 22.0. The van der Waals surface area contributed by atoms with Crippen LogP contribution in [0.1, 0.15) is 12.5 Å². The van der Waals surface area contributed by atoms with Crippen LogP contribution >= 0.6 is 0 Å². The fourth-order valence-electron chi connectivity index (χ4n) is 1.39. The van der Waals surface area contributed by atoms with E-state index < -0.39 is 28.9 Å². The predicted octanol–water partition coefficient (Wildman–Crippen LogP) is 1.08. The average molecular weight is 243 g/mol. The second kappa shape index (κ2) is 4.48. The third-order valence-corrected chi connectivity index (χ3v) is 2.50. The van der Waals surface area contributed by atoms with Gasteiger partial charge in [0.1, 0.15) is 17.0 Å². The van der Waals surface area contributed by atoms with Crippen LogP contribution in [0.4, 0.5) is 8.78 Å². The Hall–Kier alpha value is -1.98. The average Bonchev–Trinajstić information content (AvgIpc) is 2.14. The Bertz CT molecular complexity index is 440. The summed E-state index contributed by atoms with van der Waals surface area (Å²) < 4.78 is 25.8. The lowest BCUT2D eigenvalue weighted by Crippen LogP contribution is -2.43. The number of benzene rings is 1. The van der Waals surface area contributed by atoms with Gasteiger partial charge in [-0.25, -0.2) is 8.78 Å². The van der Waals surface area contributed by atoms with Crippen molar-refractivity contribution in [3.8, 4) is 0 Å². The zero-order valence-corrected chi connectivity index (χ0v) is 9.04. The molecule has 1 unspecified atom stereocenters. The molecule has 0 aromatic heterocycles. The van der Waals surface area contributed by atoms with E-state index in [1.807, 2.05) is 0 Å². The van der Waals surface area contributed by atoms with Crippen LogP contribution < -0.4 is 5.73 Å². The van der Waals surface area contributed by atoms with Gasteiger partial charge in [-0.1, -0.05) is 0 Å². The Balaban J connectivity index is 3.10. The van der Waals surface area contributed by atoms with Gasteiger partial charge in [0.05, 0.1) is 0 Å². The summed E-state index contributed by atoms with van der Waals surface area (Å²) in [5.74, 6) is -4.17. The first-order valence-corrected chi connectivity index (χ1v) is 4.74. The third kappa shape index (κ3) is 2.77. The van der Waals surface area contributed by atoms with Crippen LogP contribution in [-0.4, -0.2) is 17.0 Å². The van der Waals surface area contributed by atoms with E-state index in [1.165, 1.54) is 0 Å². The maximum absolute atomic E-state index is 12.9. The largest absolute Gasteiger partial charge is 0.480 e. The van der Waals surface area contributed by atoms with Gasteiger partial charge in [-0.2, -0.15) is 0 Å². The highest BCUT2D eigenvalue weighted by Gasteiger charge is 2.39. The fourth-order valence-corrected chi connectivity index (χ4v) is 1.39. The Morgan fingerprint density at radius 1 is 1.29 bits per heavy atom. The number of hydrogen-bond donors (Lipinski definition) is 2. The van der Waals surface area contributed by atoms with Gasteiger partial charge in [0.2, 0.25) is 5.91 Å². The highest BCUT2D eigenvalue weighted by molar-refractivity contribution is 6.00. The lowest BCUT2D eigenvalue weighted by atomic mass is 9.83. The van der Waals surface area contributed by atoms with Crippen molar-refractivity contribution < 1.29 is 23.5 Å². The van der Waals surface area contributed by atoms with E-state index in [-0.39, 0.29) is 12.0 Å². The molecule has 6 heteroatoms. The summed E-state index contributed by atoms with van der Waals surface area (Å²) in [6.07, 6.45) is -0.369. The van der Waals surface area contributed by atoms with Crippen molar-refractivity contribution in [2.75, 3.05) is 0 Å². The molecule has 92 valence electrons. The van der Waals surface area contributed by atoms with Crippen molar-refractivity contribution in [2.45, 2.75) is 13.3 Å². The second-order valence-electron chi connectivity index (χ2n) is 3.96. The zero-order chi connectivity index (χ0) is 13.2. The molecule has 0 saturated carbocycles. The van der Waals surface area contributed by atoms with E-state index >= 15 is 0 Å². The van der Waals surface area contributed by atoms with Crippen molar-refractivity contribution in [3.05, 3.63) is 35.4 Å². The highest BCUT2D eigenvalue weighted by atomic mass is 19.1. The van der Waals surface area contributed by atoms with Gasteiger partial charge >= 0.3 is 5.97 Å². The number of nitrogens with two attached hydrogens (primary N) is 1. The maximum Gasteiger partial charge on any atom is 0.319 e. The first-order valence-electron chi connectivity index (χ1n) is 4.74. The summed E-state index contributed by atoms with van der Waals surface area (Å²) in [6, 6.07) is 2.59. The summed E-state index contributed by atoms with van der Waals surface area (Å²) in [5, 5.41) is 8.91. The molecule has 4 nitrogen and oxygen atoms in total. The summed E-state index contributed by atoms with van der Waals surface area (Å²) in [5.41, 5.74) is 3.16. The molecular weight excluding hydrogens is 232 g/mol. The van der Waals surface area contributed by atoms with Crippen LogP contribution in [0.15, 0.2) is 18.2 Å². The van der Waals surface area contributed by atoms with Crippen molar-refractivity contribution in [1.82, 2.24) is 0 Å². The highest BCUT2D eigenvalue weighted by Crippen LogP contribution is 2.23. The summed E-state index contributed by atoms with van der Waals surface area (Å²) in [7, 11) is 0. The van der Waals surface area contributed by atoms with Gasteiger partial charge in [0.15, 0.2) is 0 Å². The van der Waals surface area contributed by atoms with Crippen LogP contribution in [-0.2, 0) is 16.0 Å². The van der Waals surface area contributed by atoms with Crippen LogP contribution in [0, 0.1) is 17.0 Å². The molecule has 1 aromatic carbocycles. The monoisotopic (exact) mass is 243 g/mol. The van der Waals surface area contributed by atoms with Crippen LogP contribution in [0.25, 0.3) is 0 Å². The molecule has 0 aliphatic heterocycles. The number of hydrogen-bond acceptors (Lipinski definition) is 2. The number of carboxylic acids is 1. The van der Waals surface area contributed by atoms with Crippen molar-refractivity contribution in [1.29, 1.82) is 0 Å². The number of carbonyl (C=O) groups excluding carboxylic acids is 1. The molecule has 0 aliphatic rings. The van der Waals surface area contributed by atoms with Crippen molar-refractivity contribution in [2.24, 2.45) is 11.1 Å². The number of carboxylic acid groups (broad SMARTS) is 1. The van der Waals surface area contributed by atoms with Crippen LogP contribution in [0.3, 0.4) is 0 Å². The molecule has 0 fully saturated rings.